The van der Waals surface area contributed by atoms with Crippen LogP contribution in [0.25, 0.3) is 78.3 Å². The van der Waals surface area contributed by atoms with Crippen molar-refractivity contribution in [2.75, 3.05) is 0 Å². The number of aryl methyl sites for hydroxylation is 4. The highest BCUT2D eigenvalue weighted by atomic mass is 14.7. The Morgan fingerprint density at radius 1 is 0.219 bits per heavy atom. The standard InChI is InChI=1S/C61H47N3/c1-2-10-48(11-3-1)49-28-30-50(31-29-49)55-36-39-64-61(43-55)54-34-32-51(33-35-54)57-12-4-5-13-58(57)56-41-46(18-16-44-20-24-52(25-21-44)59-14-6-8-37-62-59)40-47(42-56)19-17-45-22-26-53(27-23-45)60-15-7-9-38-63-60/h1-15,20-43H,16-19H2. The van der Waals surface area contributed by atoms with Gasteiger partial charge in [-0.25, -0.2) is 0 Å². The first-order chi connectivity index (χ1) is 31.7. The molecule has 0 radical (unpaired) electrons. The van der Waals surface area contributed by atoms with Crippen LogP contribution in [0.3, 0.4) is 0 Å². The minimum Gasteiger partial charge on any atom is -0.256 e. The van der Waals surface area contributed by atoms with Gasteiger partial charge in [-0.3, -0.25) is 15.0 Å². The highest BCUT2D eigenvalue weighted by Crippen LogP contribution is 2.36. The van der Waals surface area contributed by atoms with Gasteiger partial charge in [-0.05, 0) is 129 Å². The van der Waals surface area contributed by atoms with E-state index in [0.717, 1.165) is 65.0 Å². The second kappa shape index (κ2) is 18.9. The van der Waals surface area contributed by atoms with Crippen LogP contribution in [0, 0.1) is 0 Å². The Morgan fingerprint density at radius 2 is 0.625 bits per heavy atom. The smallest absolute Gasteiger partial charge is 0.0708 e. The molecule has 0 aliphatic rings. The zero-order chi connectivity index (χ0) is 42.9. The molecule has 3 nitrogen and oxygen atoms in total. The molecule has 3 aromatic heterocycles. The highest BCUT2D eigenvalue weighted by molar-refractivity contribution is 5.85. The minimum absolute atomic E-state index is 0.947. The zero-order valence-electron chi connectivity index (χ0n) is 35.7. The summed E-state index contributed by atoms with van der Waals surface area (Å²) < 4.78 is 0. The zero-order valence-corrected chi connectivity index (χ0v) is 35.7. The maximum atomic E-state index is 4.80. The predicted molar refractivity (Wildman–Crippen MR) is 266 cm³/mol. The molecule has 0 fully saturated rings. The summed E-state index contributed by atoms with van der Waals surface area (Å²) in [5.41, 5.74) is 21.3. The van der Waals surface area contributed by atoms with E-state index < -0.39 is 0 Å². The molecule has 0 saturated heterocycles. The largest absolute Gasteiger partial charge is 0.256 e. The maximum Gasteiger partial charge on any atom is 0.0708 e. The van der Waals surface area contributed by atoms with Crippen LogP contribution in [-0.2, 0) is 25.7 Å². The fraction of sp³-hybridized carbons (Fsp3) is 0.0656. The molecule has 0 aliphatic carbocycles. The lowest BCUT2D eigenvalue weighted by molar-refractivity contribution is 0.931. The summed E-state index contributed by atoms with van der Waals surface area (Å²) >= 11 is 0. The Kier molecular flexibility index (Phi) is 11.9. The van der Waals surface area contributed by atoms with E-state index >= 15 is 0 Å². The summed E-state index contributed by atoms with van der Waals surface area (Å²) in [6.45, 7) is 0. The van der Waals surface area contributed by atoms with Crippen molar-refractivity contribution in [3.05, 3.63) is 259 Å². The normalized spacial score (nSPS) is 11.1. The highest BCUT2D eigenvalue weighted by Gasteiger charge is 2.13. The van der Waals surface area contributed by atoms with Crippen LogP contribution >= 0.6 is 0 Å². The Bertz CT molecular complexity index is 2980. The molecule has 0 unspecified atom stereocenters. The van der Waals surface area contributed by atoms with E-state index in [-0.39, 0.29) is 0 Å². The van der Waals surface area contributed by atoms with Crippen molar-refractivity contribution in [3.63, 3.8) is 0 Å². The molecule has 10 aromatic rings. The fourth-order valence-electron chi connectivity index (χ4n) is 8.60. The average Bonchev–Trinajstić information content (AvgIpc) is 3.38. The van der Waals surface area contributed by atoms with E-state index in [2.05, 4.69) is 204 Å². The first kappa shape index (κ1) is 40.1. The quantitative estimate of drug-likeness (QED) is 0.116. The van der Waals surface area contributed by atoms with Crippen molar-refractivity contribution in [2.45, 2.75) is 25.7 Å². The second-order valence-electron chi connectivity index (χ2n) is 16.4. The minimum atomic E-state index is 0.947. The van der Waals surface area contributed by atoms with Crippen molar-refractivity contribution < 1.29 is 0 Å². The van der Waals surface area contributed by atoms with Gasteiger partial charge in [-0.15, -0.1) is 0 Å². The van der Waals surface area contributed by atoms with Crippen LogP contribution in [0.1, 0.15) is 22.3 Å². The molecule has 0 N–H and O–H groups in total. The van der Waals surface area contributed by atoms with Gasteiger partial charge in [-0.1, -0.05) is 182 Å². The molecule has 7 aromatic carbocycles. The summed E-state index contributed by atoms with van der Waals surface area (Å²) in [5, 5.41) is 0. The molecule has 0 amide bonds. The van der Waals surface area contributed by atoms with Crippen molar-refractivity contribution in [3.8, 4) is 78.3 Å². The molecular weight excluding hydrogens is 775 g/mol. The van der Waals surface area contributed by atoms with Gasteiger partial charge in [0.2, 0.25) is 0 Å². The van der Waals surface area contributed by atoms with Crippen LogP contribution in [0.4, 0.5) is 0 Å². The van der Waals surface area contributed by atoms with Crippen LogP contribution in [-0.4, -0.2) is 15.0 Å². The molecule has 306 valence electrons. The third-order valence-electron chi connectivity index (χ3n) is 12.1. The first-order valence-electron chi connectivity index (χ1n) is 22.1. The Balaban J connectivity index is 0.910. The van der Waals surface area contributed by atoms with E-state index in [1.807, 2.05) is 42.9 Å². The summed E-state index contributed by atoms with van der Waals surface area (Å²) in [6, 6.07) is 78.4. The van der Waals surface area contributed by atoms with E-state index in [4.69, 9.17) is 4.98 Å². The first-order valence-corrected chi connectivity index (χ1v) is 22.1. The van der Waals surface area contributed by atoms with Crippen molar-refractivity contribution in [2.24, 2.45) is 0 Å². The molecule has 64 heavy (non-hydrogen) atoms. The Hall–Kier alpha value is -8.01. The van der Waals surface area contributed by atoms with Crippen molar-refractivity contribution in [1.29, 1.82) is 0 Å². The number of aromatic nitrogens is 3. The average molecular weight is 822 g/mol. The van der Waals surface area contributed by atoms with Gasteiger partial charge in [-0.2, -0.15) is 0 Å². The van der Waals surface area contributed by atoms with E-state index in [9.17, 15) is 0 Å². The molecule has 0 bridgehead atoms. The lowest BCUT2D eigenvalue weighted by Crippen LogP contribution is -1.98. The van der Waals surface area contributed by atoms with Crippen molar-refractivity contribution in [1.82, 2.24) is 15.0 Å². The fourth-order valence-corrected chi connectivity index (χ4v) is 8.60. The van der Waals surface area contributed by atoms with Crippen LogP contribution in [0.5, 0.6) is 0 Å². The van der Waals surface area contributed by atoms with Gasteiger partial charge in [0, 0.05) is 35.3 Å². The lowest BCUT2D eigenvalue weighted by atomic mass is 9.90. The van der Waals surface area contributed by atoms with Gasteiger partial charge < -0.3 is 0 Å². The maximum absolute atomic E-state index is 4.80. The molecule has 0 aliphatic heterocycles. The monoisotopic (exact) mass is 821 g/mol. The molecule has 0 saturated carbocycles. The summed E-state index contributed by atoms with van der Waals surface area (Å²) in [5.74, 6) is 0. The SMILES string of the molecule is c1ccc(-c2ccc(-c3ccnc(-c4ccc(-c5ccccc5-c5cc(CCc6ccc(-c7ccccn7)cc6)cc(CCc6ccc(-c7ccccn7)cc6)c5)cc4)c3)cc2)cc1. The van der Waals surface area contributed by atoms with Gasteiger partial charge in [0.25, 0.3) is 0 Å². The van der Waals surface area contributed by atoms with E-state index in [1.54, 1.807) is 0 Å². The Morgan fingerprint density at radius 3 is 1.17 bits per heavy atom. The van der Waals surface area contributed by atoms with Crippen LogP contribution in [0.15, 0.2) is 237 Å². The van der Waals surface area contributed by atoms with Crippen LogP contribution in [0.2, 0.25) is 0 Å². The van der Waals surface area contributed by atoms with Gasteiger partial charge in [0.15, 0.2) is 0 Å². The Labute approximate surface area is 376 Å². The van der Waals surface area contributed by atoms with Gasteiger partial charge in [0.05, 0.1) is 17.1 Å². The topological polar surface area (TPSA) is 38.7 Å². The molecule has 0 spiro atoms. The third kappa shape index (κ3) is 9.40. The lowest BCUT2D eigenvalue weighted by Gasteiger charge is -2.15. The number of nitrogens with zero attached hydrogens (tertiary/aromatic N) is 3. The summed E-state index contributed by atoms with van der Waals surface area (Å²) in [7, 11) is 0. The molecule has 10 rings (SSSR count). The van der Waals surface area contributed by atoms with E-state index in [1.165, 1.54) is 61.2 Å². The van der Waals surface area contributed by atoms with Gasteiger partial charge in [0.1, 0.15) is 0 Å². The number of benzene rings is 7. The molecule has 3 heterocycles. The molecular formula is C61H47N3. The van der Waals surface area contributed by atoms with E-state index in [0.29, 0.717) is 0 Å². The van der Waals surface area contributed by atoms with Crippen LogP contribution < -0.4 is 0 Å². The number of hydrogen-bond donors (Lipinski definition) is 0. The predicted octanol–water partition coefficient (Wildman–Crippen LogP) is 15.1. The third-order valence-corrected chi connectivity index (χ3v) is 12.1. The number of hydrogen-bond acceptors (Lipinski definition) is 3. The summed E-state index contributed by atoms with van der Waals surface area (Å²) in [4.78, 5) is 13.9. The molecule has 0 atom stereocenters. The second-order valence-corrected chi connectivity index (χ2v) is 16.4. The van der Waals surface area contributed by atoms with Crippen molar-refractivity contribution >= 4 is 0 Å². The number of pyridine rings is 3. The molecule has 3 heteroatoms. The van der Waals surface area contributed by atoms with Gasteiger partial charge >= 0.3 is 0 Å². The number of rotatable bonds is 13. The summed E-state index contributed by atoms with van der Waals surface area (Å²) in [6.07, 6.45) is 9.42.